The van der Waals surface area contributed by atoms with Crippen molar-refractivity contribution in [2.24, 2.45) is 5.73 Å². The standard InChI is InChI=1S/C19H22N2O2S/c1-23-17-7-5-13(6-8-17)14-3-2-4-15(11-14)18-19(22)21-16(12-20)9-10-24-18/h2-8,11,16,18H,9-10,12,20H2,1H3,(H,21,22)/t16-,18+/m1/s1. The van der Waals surface area contributed by atoms with E-state index in [-0.39, 0.29) is 17.2 Å². The number of rotatable bonds is 4. The van der Waals surface area contributed by atoms with Gasteiger partial charge in [-0.3, -0.25) is 4.79 Å². The Kier molecular flexibility index (Phi) is 5.43. The van der Waals surface area contributed by atoms with Crippen molar-refractivity contribution in [2.75, 3.05) is 19.4 Å². The van der Waals surface area contributed by atoms with Gasteiger partial charge in [0.2, 0.25) is 5.91 Å². The van der Waals surface area contributed by atoms with E-state index >= 15 is 0 Å². The third kappa shape index (κ3) is 3.74. The van der Waals surface area contributed by atoms with Crippen LogP contribution in [-0.4, -0.2) is 31.4 Å². The van der Waals surface area contributed by atoms with Crippen molar-refractivity contribution in [3.63, 3.8) is 0 Å². The van der Waals surface area contributed by atoms with Gasteiger partial charge >= 0.3 is 0 Å². The SMILES string of the molecule is COc1ccc(-c2cccc([C@@H]3SCC[C@H](CN)NC3=O)c2)cc1. The van der Waals surface area contributed by atoms with E-state index in [4.69, 9.17) is 10.5 Å². The predicted octanol–water partition coefficient (Wildman–Crippen LogP) is 2.98. The number of nitrogens with two attached hydrogens (primary N) is 1. The molecule has 0 aliphatic carbocycles. The van der Waals surface area contributed by atoms with Crippen LogP contribution in [0.3, 0.4) is 0 Å². The Balaban J connectivity index is 1.85. The van der Waals surface area contributed by atoms with E-state index in [0.717, 1.165) is 34.6 Å². The van der Waals surface area contributed by atoms with E-state index in [1.54, 1.807) is 18.9 Å². The monoisotopic (exact) mass is 342 g/mol. The molecule has 3 N–H and O–H groups in total. The van der Waals surface area contributed by atoms with Gasteiger partial charge in [-0.1, -0.05) is 30.3 Å². The first-order valence-corrected chi connectivity index (χ1v) is 9.12. The van der Waals surface area contributed by atoms with Crippen molar-refractivity contribution in [3.8, 4) is 16.9 Å². The first-order chi connectivity index (χ1) is 11.7. The zero-order valence-electron chi connectivity index (χ0n) is 13.7. The van der Waals surface area contributed by atoms with E-state index in [1.807, 2.05) is 36.4 Å². The quantitative estimate of drug-likeness (QED) is 0.896. The Morgan fingerprint density at radius 1 is 1.21 bits per heavy atom. The molecule has 0 bridgehead atoms. The minimum absolute atomic E-state index is 0.0554. The van der Waals surface area contributed by atoms with Gasteiger partial charge in [0.1, 0.15) is 11.0 Å². The Bertz CT molecular complexity index is 703. The molecule has 2 aromatic rings. The molecule has 0 saturated carbocycles. The second kappa shape index (κ2) is 7.73. The van der Waals surface area contributed by atoms with Crippen LogP contribution in [0.25, 0.3) is 11.1 Å². The first-order valence-electron chi connectivity index (χ1n) is 8.07. The van der Waals surface area contributed by atoms with Crippen LogP contribution in [0, 0.1) is 0 Å². The smallest absolute Gasteiger partial charge is 0.237 e. The average molecular weight is 342 g/mol. The van der Waals surface area contributed by atoms with Crippen molar-refractivity contribution < 1.29 is 9.53 Å². The molecule has 1 saturated heterocycles. The second-order valence-electron chi connectivity index (χ2n) is 5.83. The summed E-state index contributed by atoms with van der Waals surface area (Å²) in [5, 5.41) is 2.87. The number of thioether (sulfide) groups is 1. The predicted molar refractivity (Wildman–Crippen MR) is 99.2 cm³/mol. The summed E-state index contributed by atoms with van der Waals surface area (Å²) < 4.78 is 5.21. The number of benzene rings is 2. The molecule has 24 heavy (non-hydrogen) atoms. The minimum atomic E-state index is -0.181. The molecule has 0 radical (unpaired) electrons. The average Bonchev–Trinajstić information content (AvgIpc) is 2.83. The number of nitrogens with one attached hydrogen (secondary N) is 1. The van der Waals surface area contributed by atoms with Gasteiger partial charge in [0.25, 0.3) is 0 Å². The number of carbonyl (C=O) groups is 1. The number of ether oxygens (including phenoxy) is 1. The molecule has 2 atom stereocenters. The van der Waals surface area contributed by atoms with Crippen molar-refractivity contribution in [1.82, 2.24) is 5.32 Å². The van der Waals surface area contributed by atoms with Crippen molar-refractivity contribution in [2.45, 2.75) is 17.7 Å². The van der Waals surface area contributed by atoms with E-state index in [9.17, 15) is 4.79 Å². The third-order valence-electron chi connectivity index (χ3n) is 4.23. The zero-order valence-corrected chi connectivity index (χ0v) is 14.5. The summed E-state index contributed by atoms with van der Waals surface area (Å²) in [6.07, 6.45) is 0.918. The van der Waals surface area contributed by atoms with Gasteiger partial charge in [0.15, 0.2) is 0 Å². The highest BCUT2D eigenvalue weighted by Gasteiger charge is 2.26. The molecule has 0 spiro atoms. The molecule has 1 fully saturated rings. The Morgan fingerprint density at radius 3 is 2.71 bits per heavy atom. The number of carbonyl (C=O) groups excluding carboxylic acids is 1. The number of hydrogen-bond acceptors (Lipinski definition) is 4. The highest BCUT2D eigenvalue weighted by atomic mass is 32.2. The molecule has 5 heteroatoms. The van der Waals surface area contributed by atoms with Crippen LogP contribution in [-0.2, 0) is 4.79 Å². The summed E-state index contributed by atoms with van der Waals surface area (Å²) in [4.78, 5) is 12.5. The van der Waals surface area contributed by atoms with Gasteiger partial charge in [0, 0.05) is 12.6 Å². The maximum absolute atomic E-state index is 12.5. The lowest BCUT2D eigenvalue weighted by Crippen LogP contribution is -2.40. The lowest BCUT2D eigenvalue weighted by atomic mass is 10.0. The highest BCUT2D eigenvalue weighted by molar-refractivity contribution is 8.00. The molecule has 126 valence electrons. The molecule has 3 rings (SSSR count). The normalized spacial score (nSPS) is 21.0. The maximum atomic E-state index is 12.5. The topological polar surface area (TPSA) is 64.3 Å². The Morgan fingerprint density at radius 2 is 2.00 bits per heavy atom. The van der Waals surface area contributed by atoms with Crippen LogP contribution < -0.4 is 15.8 Å². The maximum Gasteiger partial charge on any atom is 0.237 e. The van der Waals surface area contributed by atoms with Crippen LogP contribution in [0.4, 0.5) is 0 Å². The number of hydrogen-bond donors (Lipinski definition) is 2. The van der Waals surface area contributed by atoms with Gasteiger partial charge < -0.3 is 15.8 Å². The van der Waals surface area contributed by atoms with Crippen molar-refractivity contribution >= 4 is 17.7 Å². The van der Waals surface area contributed by atoms with Crippen molar-refractivity contribution in [3.05, 3.63) is 54.1 Å². The van der Waals surface area contributed by atoms with Gasteiger partial charge in [0.05, 0.1) is 7.11 Å². The zero-order chi connectivity index (χ0) is 16.9. The Labute approximate surface area is 146 Å². The molecule has 1 amide bonds. The highest BCUT2D eigenvalue weighted by Crippen LogP contribution is 2.34. The van der Waals surface area contributed by atoms with Crippen LogP contribution >= 0.6 is 11.8 Å². The fourth-order valence-corrected chi connectivity index (χ4v) is 4.06. The fourth-order valence-electron chi connectivity index (χ4n) is 2.84. The second-order valence-corrected chi connectivity index (χ2v) is 7.05. The largest absolute Gasteiger partial charge is 0.497 e. The summed E-state index contributed by atoms with van der Waals surface area (Å²) in [6, 6.07) is 16.2. The Hall–Kier alpha value is -1.98. The van der Waals surface area contributed by atoms with Crippen LogP contribution in [0.2, 0.25) is 0 Å². The van der Waals surface area contributed by atoms with Crippen LogP contribution in [0.15, 0.2) is 48.5 Å². The first kappa shape index (κ1) is 16.9. The summed E-state index contributed by atoms with van der Waals surface area (Å²) in [5.74, 6) is 1.82. The lowest BCUT2D eigenvalue weighted by Gasteiger charge is -2.16. The van der Waals surface area contributed by atoms with E-state index in [2.05, 4.69) is 17.4 Å². The van der Waals surface area contributed by atoms with Crippen LogP contribution in [0.5, 0.6) is 5.75 Å². The lowest BCUT2D eigenvalue weighted by molar-refractivity contribution is -0.121. The van der Waals surface area contributed by atoms with Crippen molar-refractivity contribution in [1.29, 1.82) is 0 Å². The molecule has 0 unspecified atom stereocenters. The van der Waals surface area contributed by atoms with E-state index in [0.29, 0.717) is 6.54 Å². The summed E-state index contributed by atoms with van der Waals surface area (Å²) >= 11 is 1.69. The minimum Gasteiger partial charge on any atom is -0.497 e. The van der Waals surface area contributed by atoms with Gasteiger partial charge in [-0.25, -0.2) is 0 Å². The van der Waals surface area contributed by atoms with E-state index in [1.165, 1.54) is 0 Å². The molecule has 1 aliphatic heterocycles. The van der Waals surface area contributed by atoms with E-state index < -0.39 is 0 Å². The molecule has 1 aliphatic rings. The third-order valence-corrected chi connectivity index (χ3v) is 5.52. The fraction of sp³-hybridized carbons (Fsp3) is 0.316. The molecule has 4 nitrogen and oxygen atoms in total. The summed E-state index contributed by atoms with van der Waals surface area (Å²) in [6.45, 7) is 0.491. The van der Waals surface area contributed by atoms with Gasteiger partial charge in [-0.05, 0) is 47.1 Å². The number of amides is 1. The molecule has 0 aromatic heterocycles. The molecular formula is C19H22N2O2S. The summed E-state index contributed by atoms with van der Waals surface area (Å²) in [5.41, 5.74) is 8.95. The van der Waals surface area contributed by atoms with Gasteiger partial charge in [-0.2, -0.15) is 0 Å². The molecule has 1 heterocycles. The number of methoxy groups -OCH3 is 1. The van der Waals surface area contributed by atoms with Gasteiger partial charge in [-0.15, -0.1) is 11.8 Å². The van der Waals surface area contributed by atoms with Crippen LogP contribution in [0.1, 0.15) is 17.2 Å². The summed E-state index contributed by atoms with van der Waals surface area (Å²) in [7, 11) is 1.66. The molecular weight excluding hydrogens is 320 g/mol. The molecule has 2 aromatic carbocycles.